The van der Waals surface area contributed by atoms with Crippen LogP contribution in [0.4, 0.5) is 5.69 Å². The highest BCUT2D eigenvalue weighted by atomic mass is 79.9. The van der Waals surface area contributed by atoms with Crippen LogP contribution in [0.3, 0.4) is 0 Å². The van der Waals surface area contributed by atoms with Crippen LogP contribution in [-0.2, 0) is 6.42 Å². The van der Waals surface area contributed by atoms with Crippen molar-refractivity contribution in [2.45, 2.75) is 66.0 Å². The number of benzene rings is 1. The highest BCUT2D eigenvalue weighted by Crippen LogP contribution is 2.28. The van der Waals surface area contributed by atoms with Gasteiger partial charge in [-0.15, -0.1) is 0 Å². The summed E-state index contributed by atoms with van der Waals surface area (Å²) in [6.07, 6.45) is 3.28. The minimum atomic E-state index is 0.193. The monoisotopic (exact) mass is 354 g/mol. The van der Waals surface area contributed by atoms with Crippen molar-refractivity contribution in [1.29, 1.82) is 0 Å². The molecule has 1 aromatic rings. The molecule has 0 aromatic heterocycles. The lowest BCUT2D eigenvalue weighted by molar-refractivity contribution is 0.507. The zero-order valence-corrected chi connectivity index (χ0v) is 15.8. The molecule has 0 radical (unpaired) electrons. The first kappa shape index (κ1) is 18.5. The van der Waals surface area contributed by atoms with E-state index in [1.807, 2.05) is 0 Å². The molecule has 0 spiro atoms. The number of halogens is 1. The van der Waals surface area contributed by atoms with Crippen molar-refractivity contribution in [3.63, 3.8) is 0 Å². The van der Waals surface area contributed by atoms with Gasteiger partial charge in [-0.05, 0) is 49.8 Å². The SMILES string of the molecule is CCC(CC)N(CC(C)C)c1ccc(CC(C)N)c(Br)c1. The van der Waals surface area contributed by atoms with E-state index in [-0.39, 0.29) is 6.04 Å². The van der Waals surface area contributed by atoms with Crippen LogP contribution >= 0.6 is 15.9 Å². The number of nitrogens with zero attached hydrogens (tertiary/aromatic N) is 1. The van der Waals surface area contributed by atoms with Crippen LogP contribution in [0.2, 0.25) is 0 Å². The molecule has 120 valence electrons. The molecular weight excluding hydrogens is 324 g/mol. The third-order valence-corrected chi connectivity index (χ3v) is 4.59. The van der Waals surface area contributed by atoms with Gasteiger partial charge in [0, 0.05) is 28.8 Å². The highest BCUT2D eigenvalue weighted by Gasteiger charge is 2.18. The predicted molar refractivity (Wildman–Crippen MR) is 98.0 cm³/mol. The molecule has 3 heteroatoms. The fraction of sp³-hybridized carbons (Fsp3) is 0.667. The van der Waals surface area contributed by atoms with Crippen molar-refractivity contribution in [2.24, 2.45) is 11.7 Å². The third kappa shape index (κ3) is 5.63. The van der Waals surface area contributed by atoms with E-state index in [9.17, 15) is 0 Å². The highest BCUT2D eigenvalue weighted by molar-refractivity contribution is 9.10. The van der Waals surface area contributed by atoms with Gasteiger partial charge in [0.25, 0.3) is 0 Å². The quantitative estimate of drug-likeness (QED) is 0.712. The lowest BCUT2D eigenvalue weighted by Gasteiger charge is -2.34. The minimum absolute atomic E-state index is 0.193. The van der Waals surface area contributed by atoms with E-state index in [0.29, 0.717) is 12.0 Å². The number of hydrogen-bond acceptors (Lipinski definition) is 2. The number of hydrogen-bond donors (Lipinski definition) is 1. The maximum absolute atomic E-state index is 5.92. The van der Waals surface area contributed by atoms with E-state index >= 15 is 0 Å². The van der Waals surface area contributed by atoms with Gasteiger partial charge < -0.3 is 10.6 Å². The Hall–Kier alpha value is -0.540. The third-order valence-electron chi connectivity index (χ3n) is 3.86. The summed E-state index contributed by atoms with van der Waals surface area (Å²) < 4.78 is 1.18. The first-order valence-corrected chi connectivity index (χ1v) is 8.98. The van der Waals surface area contributed by atoms with Crippen LogP contribution < -0.4 is 10.6 Å². The smallest absolute Gasteiger partial charge is 0.0380 e. The van der Waals surface area contributed by atoms with Crippen LogP contribution in [-0.4, -0.2) is 18.6 Å². The summed E-state index contributed by atoms with van der Waals surface area (Å²) in [6.45, 7) is 12.3. The van der Waals surface area contributed by atoms with Crippen LogP contribution in [0, 0.1) is 5.92 Å². The Labute approximate surface area is 139 Å². The average molecular weight is 355 g/mol. The van der Waals surface area contributed by atoms with Crippen LogP contribution in [0.1, 0.15) is 53.0 Å². The van der Waals surface area contributed by atoms with Gasteiger partial charge in [0.1, 0.15) is 0 Å². The molecule has 0 saturated heterocycles. The topological polar surface area (TPSA) is 29.3 Å². The normalized spacial score (nSPS) is 13.0. The Morgan fingerprint density at radius 3 is 2.19 bits per heavy atom. The molecule has 0 aliphatic rings. The second-order valence-electron chi connectivity index (χ2n) is 6.47. The van der Waals surface area contributed by atoms with Gasteiger partial charge in [-0.3, -0.25) is 0 Å². The molecule has 2 N–H and O–H groups in total. The Morgan fingerprint density at radius 2 is 1.76 bits per heavy atom. The summed E-state index contributed by atoms with van der Waals surface area (Å²) in [5, 5.41) is 0. The van der Waals surface area contributed by atoms with Gasteiger partial charge >= 0.3 is 0 Å². The molecule has 0 fully saturated rings. The summed E-state index contributed by atoms with van der Waals surface area (Å²) in [7, 11) is 0. The van der Waals surface area contributed by atoms with Crippen molar-refractivity contribution < 1.29 is 0 Å². The first-order valence-electron chi connectivity index (χ1n) is 8.19. The Balaban J connectivity index is 3.04. The second-order valence-corrected chi connectivity index (χ2v) is 7.33. The summed E-state index contributed by atoms with van der Waals surface area (Å²) in [4.78, 5) is 2.56. The fourth-order valence-corrected chi connectivity index (χ4v) is 3.34. The lowest BCUT2D eigenvalue weighted by Crippen LogP contribution is -2.37. The average Bonchev–Trinajstić information content (AvgIpc) is 2.40. The van der Waals surface area contributed by atoms with Gasteiger partial charge in [-0.1, -0.05) is 49.7 Å². The molecule has 0 bridgehead atoms. The largest absolute Gasteiger partial charge is 0.368 e. The lowest BCUT2D eigenvalue weighted by atomic mass is 10.0. The van der Waals surface area contributed by atoms with E-state index in [0.717, 1.165) is 13.0 Å². The van der Waals surface area contributed by atoms with Crippen molar-refractivity contribution in [1.82, 2.24) is 0 Å². The first-order chi connectivity index (χ1) is 9.88. The molecule has 1 aromatic carbocycles. The van der Waals surface area contributed by atoms with Gasteiger partial charge in [0.15, 0.2) is 0 Å². The van der Waals surface area contributed by atoms with Crippen LogP contribution in [0.15, 0.2) is 22.7 Å². The summed E-state index contributed by atoms with van der Waals surface area (Å²) >= 11 is 3.72. The van der Waals surface area contributed by atoms with E-state index in [1.165, 1.54) is 28.6 Å². The molecule has 1 unspecified atom stereocenters. The number of anilines is 1. The molecule has 2 nitrogen and oxygen atoms in total. The van der Waals surface area contributed by atoms with E-state index < -0.39 is 0 Å². The Bertz CT molecular complexity index is 425. The van der Waals surface area contributed by atoms with Crippen LogP contribution in [0.5, 0.6) is 0 Å². The second kappa shape index (κ2) is 8.79. The molecule has 0 saturated carbocycles. The number of rotatable bonds is 8. The van der Waals surface area contributed by atoms with Crippen molar-refractivity contribution >= 4 is 21.6 Å². The van der Waals surface area contributed by atoms with Crippen LogP contribution in [0.25, 0.3) is 0 Å². The molecular formula is C18H31BrN2. The van der Waals surface area contributed by atoms with Crippen molar-refractivity contribution in [3.05, 3.63) is 28.2 Å². The zero-order valence-electron chi connectivity index (χ0n) is 14.2. The molecule has 1 atom stereocenters. The van der Waals surface area contributed by atoms with Gasteiger partial charge in [0.2, 0.25) is 0 Å². The molecule has 21 heavy (non-hydrogen) atoms. The zero-order chi connectivity index (χ0) is 16.0. The molecule has 0 amide bonds. The molecule has 0 aliphatic carbocycles. The molecule has 0 aliphatic heterocycles. The van der Waals surface area contributed by atoms with Crippen molar-refractivity contribution in [2.75, 3.05) is 11.4 Å². The summed E-state index contributed by atoms with van der Waals surface area (Å²) in [5.41, 5.74) is 8.53. The standard InChI is InChI=1S/C18H31BrN2/c1-6-16(7-2)21(12-13(3)4)17-9-8-15(10-14(5)20)18(19)11-17/h8-9,11,13-14,16H,6-7,10,12,20H2,1-5H3. The summed E-state index contributed by atoms with van der Waals surface area (Å²) in [5.74, 6) is 0.660. The van der Waals surface area contributed by atoms with E-state index in [4.69, 9.17) is 5.73 Å². The van der Waals surface area contributed by atoms with Crippen molar-refractivity contribution in [3.8, 4) is 0 Å². The maximum Gasteiger partial charge on any atom is 0.0380 e. The molecule has 0 heterocycles. The van der Waals surface area contributed by atoms with E-state index in [2.05, 4.69) is 73.6 Å². The minimum Gasteiger partial charge on any atom is -0.368 e. The predicted octanol–water partition coefficient (Wildman–Crippen LogP) is 4.99. The summed E-state index contributed by atoms with van der Waals surface area (Å²) in [6, 6.07) is 7.54. The Morgan fingerprint density at radius 1 is 1.14 bits per heavy atom. The fourth-order valence-electron chi connectivity index (χ4n) is 2.82. The number of nitrogens with two attached hydrogens (primary N) is 1. The van der Waals surface area contributed by atoms with Gasteiger partial charge in [-0.2, -0.15) is 0 Å². The van der Waals surface area contributed by atoms with Gasteiger partial charge in [-0.25, -0.2) is 0 Å². The Kier molecular flexibility index (Phi) is 7.75. The molecule has 1 rings (SSSR count). The maximum atomic E-state index is 5.92. The van der Waals surface area contributed by atoms with E-state index in [1.54, 1.807) is 0 Å². The van der Waals surface area contributed by atoms with Gasteiger partial charge in [0.05, 0.1) is 0 Å².